The van der Waals surface area contributed by atoms with Crippen LogP contribution in [0.4, 0.5) is 0 Å². The zero-order valence-corrected chi connectivity index (χ0v) is 16.9. The Morgan fingerprint density at radius 3 is 2.05 bits per heavy atom. The van der Waals surface area contributed by atoms with E-state index < -0.39 is 0 Å². The van der Waals surface area contributed by atoms with E-state index in [4.69, 9.17) is 19.4 Å². The quantitative estimate of drug-likeness (QED) is 0.401. The third-order valence-electron chi connectivity index (χ3n) is 5.33. The maximum atomic E-state index is 4.85. The molecule has 0 amide bonds. The molecule has 2 rings (SSSR count). The molecule has 3 heteroatoms. The third-order valence-corrected chi connectivity index (χ3v) is 5.33. The van der Waals surface area contributed by atoms with Crippen LogP contribution < -0.4 is 0 Å². The Kier molecular flexibility index (Phi) is 7.96. The molecule has 0 spiro atoms. The molecule has 0 N–H and O–H groups in total. The SMILES string of the molecule is CC1=C(C)C(C)(C2=CC=CCCCC2)C(C)=C1C.[Cl][Ru][Cl]. The Bertz CT molecular complexity index is 471. The van der Waals surface area contributed by atoms with Crippen LogP contribution in [0.3, 0.4) is 0 Å². The predicted octanol–water partition coefficient (Wildman–Crippen LogP) is 7.11. The van der Waals surface area contributed by atoms with Crippen LogP contribution in [0.2, 0.25) is 0 Å². The molecule has 2 aliphatic rings. The van der Waals surface area contributed by atoms with Gasteiger partial charge in [0.15, 0.2) is 0 Å². The molecule has 0 bridgehead atoms. The van der Waals surface area contributed by atoms with E-state index in [0.717, 1.165) is 0 Å². The van der Waals surface area contributed by atoms with E-state index in [1.807, 2.05) is 0 Å². The van der Waals surface area contributed by atoms with Crippen LogP contribution in [0.15, 0.2) is 46.1 Å². The van der Waals surface area contributed by atoms with Crippen LogP contribution in [0.5, 0.6) is 0 Å². The van der Waals surface area contributed by atoms with Crippen molar-refractivity contribution in [3.8, 4) is 0 Å². The number of hydrogen-bond donors (Lipinski definition) is 0. The van der Waals surface area contributed by atoms with Crippen molar-refractivity contribution in [2.75, 3.05) is 0 Å². The zero-order chi connectivity index (χ0) is 16.0. The summed E-state index contributed by atoms with van der Waals surface area (Å²) >= 11 is -0.346. The second-order valence-corrected chi connectivity index (χ2v) is 8.68. The molecule has 0 aliphatic heterocycles. The summed E-state index contributed by atoms with van der Waals surface area (Å²) in [5.74, 6) is 0. The Balaban J connectivity index is 0.000000677. The van der Waals surface area contributed by atoms with Gasteiger partial charge in [-0.25, -0.2) is 0 Å². The van der Waals surface area contributed by atoms with Crippen molar-refractivity contribution in [3.05, 3.63) is 46.1 Å². The topological polar surface area (TPSA) is 0 Å². The first-order valence-corrected chi connectivity index (χ1v) is 12.0. The second kappa shape index (κ2) is 8.71. The van der Waals surface area contributed by atoms with Crippen LogP contribution in [0.1, 0.15) is 60.3 Å². The third kappa shape index (κ3) is 4.12. The van der Waals surface area contributed by atoms with Gasteiger partial charge in [-0.15, -0.1) is 0 Å². The van der Waals surface area contributed by atoms with Gasteiger partial charge in [0.25, 0.3) is 0 Å². The number of hydrogen-bond acceptors (Lipinski definition) is 0. The van der Waals surface area contributed by atoms with Crippen molar-refractivity contribution >= 4 is 19.4 Å². The van der Waals surface area contributed by atoms with E-state index in [-0.39, 0.29) is 20.6 Å². The molecule has 0 aromatic rings. The van der Waals surface area contributed by atoms with Crippen molar-refractivity contribution in [1.82, 2.24) is 0 Å². The summed E-state index contributed by atoms with van der Waals surface area (Å²) in [5, 5.41) is 0. The minimum atomic E-state index is -0.346. The second-order valence-electron chi connectivity index (χ2n) is 6.04. The van der Waals surface area contributed by atoms with Crippen LogP contribution in [0.25, 0.3) is 0 Å². The summed E-state index contributed by atoms with van der Waals surface area (Å²) < 4.78 is 0. The van der Waals surface area contributed by atoms with E-state index in [1.54, 1.807) is 16.7 Å². The first-order valence-electron chi connectivity index (χ1n) is 7.48. The van der Waals surface area contributed by atoms with Crippen LogP contribution in [0, 0.1) is 5.41 Å². The Morgan fingerprint density at radius 1 is 1.00 bits per heavy atom. The normalized spacial score (nSPS) is 21.8. The summed E-state index contributed by atoms with van der Waals surface area (Å²) in [5.41, 5.74) is 7.89. The fourth-order valence-electron chi connectivity index (χ4n) is 3.43. The summed E-state index contributed by atoms with van der Waals surface area (Å²) in [6.07, 6.45) is 12.1. The fraction of sp³-hybridized carbons (Fsp3) is 0.556. The first kappa shape index (κ1) is 19.2. The van der Waals surface area contributed by atoms with Gasteiger partial charge >= 0.3 is 34.5 Å². The van der Waals surface area contributed by atoms with Gasteiger partial charge in [-0.3, -0.25) is 0 Å². The summed E-state index contributed by atoms with van der Waals surface area (Å²) in [7, 11) is 9.71. The van der Waals surface area contributed by atoms with Gasteiger partial charge in [-0.2, -0.15) is 0 Å². The number of allylic oxidation sites excluding steroid dienone is 8. The van der Waals surface area contributed by atoms with E-state index in [2.05, 4.69) is 52.8 Å². The average Bonchev–Trinajstić information content (AvgIpc) is 2.56. The molecular formula is C18H26Cl2Ru. The van der Waals surface area contributed by atoms with Gasteiger partial charge < -0.3 is 0 Å². The monoisotopic (exact) mass is 414 g/mol. The molecule has 0 aromatic carbocycles. The van der Waals surface area contributed by atoms with Gasteiger partial charge in [0.2, 0.25) is 0 Å². The maximum absolute atomic E-state index is 4.85. The average molecular weight is 414 g/mol. The number of halogens is 2. The van der Waals surface area contributed by atoms with Crippen molar-refractivity contribution < 1.29 is 15.1 Å². The molecule has 21 heavy (non-hydrogen) atoms. The van der Waals surface area contributed by atoms with Crippen LogP contribution >= 0.6 is 19.4 Å². The number of rotatable bonds is 1. The summed E-state index contributed by atoms with van der Waals surface area (Å²) in [6.45, 7) is 11.6. The minimum absolute atomic E-state index is 0.176. The van der Waals surface area contributed by atoms with Crippen molar-refractivity contribution in [2.24, 2.45) is 5.41 Å². The Morgan fingerprint density at radius 2 is 1.52 bits per heavy atom. The van der Waals surface area contributed by atoms with Gasteiger partial charge in [-0.1, -0.05) is 34.9 Å². The Labute approximate surface area is 146 Å². The first-order chi connectivity index (χ1) is 9.91. The van der Waals surface area contributed by atoms with Crippen molar-refractivity contribution in [1.29, 1.82) is 0 Å². The van der Waals surface area contributed by atoms with Crippen LogP contribution in [-0.2, 0) is 15.1 Å². The van der Waals surface area contributed by atoms with Crippen LogP contribution in [-0.4, -0.2) is 0 Å². The Hall–Kier alpha value is 0.163. The van der Waals surface area contributed by atoms with Gasteiger partial charge in [-0.05, 0) is 71.4 Å². The predicted molar refractivity (Wildman–Crippen MR) is 92.3 cm³/mol. The summed E-state index contributed by atoms with van der Waals surface area (Å²) in [6, 6.07) is 0. The fourth-order valence-corrected chi connectivity index (χ4v) is 3.43. The molecule has 0 saturated heterocycles. The van der Waals surface area contributed by atoms with Crippen molar-refractivity contribution in [3.63, 3.8) is 0 Å². The van der Waals surface area contributed by atoms with E-state index in [0.29, 0.717) is 0 Å². The van der Waals surface area contributed by atoms with Crippen molar-refractivity contribution in [2.45, 2.75) is 60.3 Å². The molecule has 0 atom stereocenters. The standard InChI is InChI=1S/C18H26.2ClH.Ru/c1-13-14(2)16(4)18(5,15(13)3)17-11-9-7-6-8-10-12-17;;;/h7,9,11H,6,8,10,12H2,1-5H3;2*1H;/q;;;+2/p-2. The van der Waals surface area contributed by atoms with E-state index in [1.165, 1.54) is 36.8 Å². The van der Waals surface area contributed by atoms with Gasteiger partial charge in [0.1, 0.15) is 0 Å². The molecule has 2 aliphatic carbocycles. The molecule has 0 aromatic heterocycles. The molecule has 0 fully saturated rings. The molecule has 0 radical (unpaired) electrons. The zero-order valence-electron chi connectivity index (χ0n) is 13.7. The molecule has 0 heterocycles. The van der Waals surface area contributed by atoms with E-state index in [9.17, 15) is 0 Å². The summed E-state index contributed by atoms with van der Waals surface area (Å²) in [4.78, 5) is 0. The van der Waals surface area contributed by atoms with Gasteiger partial charge in [0.05, 0.1) is 0 Å². The molecule has 0 unspecified atom stereocenters. The molecular weight excluding hydrogens is 388 g/mol. The van der Waals surface area contributed by atoms with Gasteiger partial charge in [0, 0.05) is 5.41 Å². The molecule has 120 valence electrons. The van der Waals surface area contributed by atoms with E-state index >= 15 is 0 Å². The molecule has 0 saturated carbocycles. The molecule has 0 nitrogen and oxygen atoms in total.